The number of carboxylic acid groups (broad SMARTS) is 1. The molecule has 2 rings (SSSR count). The van der Waals surface area contributed by atoms with E-state index in [1.165, 1.54) is 6.07 Å². The predicted octanol–water partition coefficient (Wildman–Crippen LogP) is 2.41. The van der Waals surface area contributed by atoms with Crippen LogP contribution in [0.2, 0.25) is 0 Å². The van der Waals surface area contributed by atoms with Gasteiger partial charge < -0.3 is 14.9 Å². The van der Waals surface area contributed by atoms with Gasteiger partial charge in [0.1, 0.15) is 0 Å². The predicted molar refractivity (Wildman–Crippen MR) is 77.1 cm³/mol. The number of hydrogen-bond acceptors (Lipinski definition) is 5. The van der Waals surface area contributed by atoms with Crippen molar-refractivity contribution in [2.75, 3.05) is 5.32 Å². The second-order valence-electron chi connectivity index (χ2n) is 4.28. The minimum absolute atomic E-state index is 0.0836. The molecule has 0 aliphatic carbocycles. The van der Waals surface area contributed by atoms with E-state index in [1.807, 2.05) is 0 Å². The lowest BCUT2D eigenvalue weighted by Gasteiger charge is -2.06. The first kappa shape index (κ1) is 15.2. The molecule has 0 atom stereocenters. The highest BCUT2D eigenvalue weighted by atomic mass is 79.9. The molecule has 1 aromatic carbocycles. The van der Waals surface area contributed by atoms with Gasteiger partial charge in [0.15, 0.2) is 5.82 Å². The molecule has 0 unspecified atom stereocenters. The van der Waals surface area contributed by atoms with E-state index in [0.29, 0.717) is 28.3 Å². The molecule has 8 heteroatoms. The average molecular weight is 354 g/mol. The molecule has 0 saturated heterocycles. The maximum absolute atomic E-state index is 11.8. The topological polar surface area (TPSA) is 105 Å². The Morgan fingerprint density at radius 1 is 1.43 bits per heavy atom. The molecule has 1 amide bonds. The maximum atomic E-state index is 11.8. The van der Waals surface area contributed by atoms with Gasteiger partial charge in [-0.3, -0.25) is 4.79 Å². The number of anilines is 1. The fourth-order valence-electron chi connectivity index (χ4n) is 1.65. The number of hydrogen-bond donors (Lipinski definition) is 2. The number of amides is 1. The zero-order valence-electron chi connectivity index (χ0n) is 11.1. The Bertz CT molecular complexity index is 684. The van der Waals surface area contributed by atoms with Gasteiger partial charge in [-0.1, -0.05) is 5.16 Å². The zero-order valence-corrected chi connectivity index (χ0v) is 12.7. The van der Waals surface area contributed by atoms with Crippen LogP contribution in [0.5, 0.6) is 0 Å². The van der Waals surface area contributed by atoms with Crippen molar-refractivity contribution in [3.63, 3.8) is 0 Å². The molecule has 0 saturated carbocycles. The highest BCUT2D eigenvalue weighted by Gasteiger charge is 2.11. The first-order valence-electron chi connectivity index (χ1n) is 6.07. The fourth-order valence-corrected chi connectivity index (χ4v) is 2.07. The lowest BCUT2D eigenvalue weighted by atomic mass is 10.2. The zero-order chi connectivity index (χ0) is 15.4. The second kappa shape index (κ2) is 6.49. The van der Waals surface area contributed by atoms with E-state index >= 15 is 0 Å². The molecule has 0 aliphatic rings. The molecule has 0 bridgehead atoms. The minimum atomic E-state index is -1.07. The van der Waals surface area contributed by atoms with Gasteiger partial charge in [0, 0.05) is 23.0 Å². The van der Waals surface area contributed by atoms with Gasteiger partial charge in [-0.05, 0) is 41.1 Å². The van der Waals surface area contributed by atoms with Crippen LogP contribution in [-0.2, 0) is 11.2 Å². The number of carbonyl (C=O) groups excluding carboxylic acids is 1. The van der Waals surface area contributed by atoms with E-state index in [4.69, 9.17) is 9.63 Å². The van der Waals surface area contributed by atoms with Crippen molar-refractivity contribution >= 4 is 33.5 Å². The molecule has 0 aliphatic heterocycles. The van der Waals surface area contributed by atoms with Crippen LogP contribution in [0, 0.1) is 6.92 Å². The largest absolute Gasteiger partial charge is 0.478 e. The number of aryl methyl sites for hydroxylation is 2. The first-order chi connectivity index (χ1) is 9.95. The van der Waals surface area contributed by atoms with Crippen molar-refractivity contribution < 1.29 is 19.2 Å². The molecule has 2 N–H and O–H groups in total. The number of carbonyl (C=O) groups is 2. The highest BCUT2D eigenvalue weighted by molar-refractivity contribution is 9.10. The van der Waals surface area contributed by atoms with Gasteiger partial charge in [0.2, 0.25) is 11.8 Å². The van der Waals surface area contributed by atoms with Crippen LogP contribution in [0.1, 0.15) is 28.5 Å². The van der Waals surface area contributed by atoms with Crippen molar-refractivity contribution in [3.8, 4) is 0 Å². The van der Waals surface area contributed by atoms with Crippen LogP contribution >= 0.6 is 15.9 Å². The maximum Gasteiger partial charge on any atom is 0.336 e. The van der Waals surface area contributed by atoms with Crippen molar-refractivity contribution in [2.45, 2.75) is 19.8 Å². The number of benzene rings is 1. The molecule has 2 aromatic rings. The van der Waals surface area contributed by atoms with Crippen LogP contribution in [0.25, 0.3) is 0 Å². The molecule has 110 valence electrons. The summed E-state index contributed by atoms with van der Waals surface area (Å²) in [7, 11) is 0. The molecule has 1 aromatic heterocycles. The van der Waals surface area contributed by atoms with Gasteiger partial charge in [-0.15, -0.1) is 0 Å². The standard InChI is InChI=1S/C13H12BrN3O4/c1-7-15-12(21-17-7)5-4-11(18)16-8-2-3-10(14)9(6-8)13(19)20/h2-3,6H,4-5H2,1H3,(H,16,18)(H,19,20). The van der Waals surface area contributed by atoms with Crippen molar-refractivity contribution in [1.82, 2.24) is 10.1 Å². The third-order valence-corrected chi connectivity index (χ3v) is 3.31. The minimum Gasteiger partial charge on any atom is -0.478 e. The van der Waals surface area contributed by atoms with E-state index in [0.717, 1.165) is 0 Å². The summed E-state index contributed by atoms with van der Waals surface area (Å²) in [6, 6.07) is 4.58. The Labute approximate surface area is 128 Å². The van der Waals surface area contributed by atoms with Crippen LogP contribution in [0.15, 0.2) is 27.2 Å². The molecule has 0 spiro atoms. The summed E-state index contributed by atoms with van der Waals surface area (Å²) >= 11 is 3.14. The SMILES string of the molecule is Cc1noc(CCC(=O)Nc2ccc(Br)c(C(=O)O)c2)n1. The Kier molecular flexibility index (Phi) is 4.69. The Morgan fingerprint density at radius 2 is 2.19 bits per heavy atom. The fraction of sp³-hybridized carbons (Fsp3) is 0.231. The Morgan fingerprint density at radius 3 is 2.81 bits per heavy atom. The van der Waals surface area contributed by atoms with E-state index < -0.39 is 5.97 Å². The summed E-state index contributed by atoms with van der Waals surface area (Å²) in [6.45, 7) is 1.70. The van der Waals surface area contributed by atoms with E-state index in [1.54, 1.807) is 19.1 Å². The third-order valence-electron chi connectivity index (χ3n) is 2.62. The molecular formula is C13H12BrN3O4. The monoisotopic (exact) mass is 353 g/mol. The van der Waals surface area contributed by atoms with Crippen LogP contribution in [0.3, 0.4) is 0 Å². The van der Waals surface area contributed by atoms with Crippen LogP contribution in [0.4, 0.5) is 5.69 Å². The third kappa shape index (κ3) is 4.12. The van der Waals surface area contributed by atoms with Gasteiger partial charge in [-0.25, -0.2) is 4.79 Å². The number of carboxylic acids is 1. The lowest BCUT2D eigenvalue weighted by molar-refractivity contribution is -0.116. The van der Waals surface area contributed by atoms with Gasteiger partial charge in [0.25, 0.3) is 0 Å². The number of halogens is 1. The van der Waals surface area contributed by atoms with Gasteiger partial charge >= 0.3 is 5.97 Å². The average Bonchev–Trinajstić information content (AvgIpc) is 2.84. The van der Waals surface area contributed by atoms with E-state index in [-0.39, 0.29) is 17.9 Å². The van der Waals surface area contributed by atoms with Gasteiger partial charge in [-0.2, -0.15) is 4.98 Å². The number of nitrogens with zero attached hydrogens (tertiary/aromatic N) is 2. The normalized spacial score (nSPS) is 10.4. The molecule has 21 heavy (non-hydrogen) atoms. The van der Waals surface area contributed by atoms with Crippen molar-refractivity contribution in [1.29, 1.82) is 0 Å². The quantitative estimate of drug-likeness (QED) is 0.854. The summed E-state index contributed by atoms with van der Waals surface area (Å²) < 4.78 is 5.36. The Balaban J connectivity index is 1.96. The van der Waals surface area contributed by atoms with Crippen LogP contribution in [-0.4, -0.2) is 27.1 Å². The number of rotatable bonds is 5. The molecule has 0 radical (unpaired) electrons. The summed E-state index contributed by atoms with van der Waals surface area (Å²) in [4.78, 5) is 26.8. The van der Waals surface area contributed by atoms with Gasteiger partial charge in [0.05, 0.1) is 5.56 Å². The van der Waals surface area contributed by atoms with Crippen LogP contribution < -0.4 is 5.32 Å². The number of nitrogens with one attached hydrogen (secondary N) is 1. The van der Waals surface area contributed by atoms with E-state index in [2.05, 4.69) is 31.4 Å². The summed E-state index contributed by atoms with van der Waals surface area (Å²) in [5, 5.41) is 15.3. The molecule has 0 fully saturated rings. The first-order valence-corrected chi connectivity index (χ1v) is 6.87. The summed E-state index contributed by atoms with van der Waals surface area (Å²) in [5.41, 5.74) is 0.502. The Hall–Kier alpha value is -2.22. The van der Waals surface area contributed by atoms with Crippen molar-refractivity contribution in [3.05, 3.63) is 40.0 Å². The van der Waals surface area contributed by atoms with Crippen molar-refractivity contribution in [2.24, 2.45) is 0 Å². The summed E-state index contributed by atoms with van der Waals surface area (Å²) in [5.74, 6) is -0.419. The highest BCUT2D eigenvalue weighted by Crippen LogP contribution is 2.21. The number of aromatic carboxylic acids is 1. The van der Waals surface area contributed by atoms with E-state index in [9.17, 15) is 9.59 Å². The molecular weight excluding hydrogens is 342 g/mol. The molecule has 1 heterocycles. The smallest absolute Gasteiger partial charge is 0.336 e. The lowest BCUT2D eigenvalue weighted by Crippen LogP contribution is -2.13. The number of aromatic nitrogens is 2. The molecule has 7 nitrogen and oxygen atoms in total. The summed E-state index contributed by atoms with van der Waals surface area (Å²) in [6.07, 6.45) is 0.495. The second-order valence-corrected chi connectivity index (χ2v) is 5.14.